The lowest BCUT2D eigenvalue weighted by Gasteiger charge is -2.33. The molecule has 24 heavy (non-hydrogen) atoms. The first-order chi connectivity index (χ1) is 11.4. The van der Waals surface area contributed by atoms with Crippen LogP contribution in [0.3, 0.4) is 0 Å². The molecule has 1 amide bonds. The number of nitrogens with zero attached hydrogens (tertiary/aromatic N) is 1. The zero-order chi connectivity index (χ0) is 17.3. The fourth-order valence-corrected chi connectivity index (χ4v) is 3.15. The van der Waals surface area contributed by atoms with E-state index in [9.17, 15) is 14.7 Å². The van der Waals surface area contributed by atoms with Crippen molar-refractivity contribution in [2.24, 2.45) is 0 Å². The number of rotatable bonds is 3. The number of ether oxygens (including phenoxy) is 1. The molecule has 5 heteroatoms. The van der Waals surface area contributed by atoms with Gasteiger partial charge in [-0.1, -0.05) is 48.5 Å². The van der Waals surface area contributed by atoms with Crippen molar-refractivity contribution in [3.63, 3.8) is 0 Å². The number of carboxylic acid groups (broad SMARTS) is 1. The molecule has 0 aliphatic carbocycles. The van der Waals surface area contributed by atoms with Crippen molar-refractivity contribution in [2.45, 2.75) is 31.7 Å². The summed E-state index contributed by atoms with van der Waals surface area (Å²) in [4.78, 5) is 26.3. The Morgan fingerprint density at radius 2 is 1.54 bits per heavy atom. The number of hydrogen-bond donors (Lipinski definition) is 1. The average Bonchev–Trinajstić information content (AvgIpc) is 2.87. The summed E-state index contributed by atoms with van der Waals surface area (Å²) in [6.07, 6.45) is -1.12. The molecular formula is C19H19NO4. The first kappa shape index (κ1) is 16.2. The Labute approximate surface area is 140 Å². The monoisotopic (exact) mass is 325 g/mol. The summed E-state index contributed by atoms with van der Waals surface area (Å²) >= 11 is 0. The minimum atomic E-state index is -1.12. The van der Waals surface area contributed by atoms with E-state index >= 15 is 0 Å². The average molecular weight is 325 g/mol. The van der Waals surface area contributed by atoms with Crippen LogP contribution in [0.4, 0.5) is 0 Å². The molecule has 1 unspecified atom stereocenters. The molecule has 5 nitrogen and oxygen atoms in total. The number of carbonyl (C=O) groups excluding carboxylic acids is 1. The molecule has 2 aromatic carbocycles. The van der Waals surface area contributed by atoms with Crippen LogP contribution in [0.2, 0.25) is 0 Å². The van der Waals surface area contributed by atoms with E-state index in [1.165, 1.54) is 4.90 Å². The van der Waals surface area contributed by atoms with E-state index in [0.29, 0.717) is 5.56 Å². The second-order valence-corrected chi connectivity index (χ2v) is 6.22. The minimum Gasteiger partial charge on any atom is -0.479 e. The highest BCUT2D eigenvalue weighted by atomic mass is 16.6. The van der Waals surface area contributed by atoms with Crippen LogP contribution >= 0.6 is 0 Å². The normalized spacial score (nSPS) is 22.3. The topological polar surface area (TPSA) is 66.8 Å². The summed E-state index contributed by atoms with van der Waals surface area (Å²) in [7, 11) is 0. The van der Waals surface area contributed by atoms with Crippen LogP contribution < -0.4 is 0 Å². The van der Waals surface area contributed by atoms with E-state index in [0.717, 1.165) is 5.56 Å². The lowest BCUT2D eigenvalue weighted by Crippen LogP contribution is -2.45. The summed E-state index contributed by atoms with van der Waals surface area (Å²) in [6, 6.07) is 17.3. The van der Waals surface area contributed by atoms with Gasteiger partial charge >= 0.3 is 5.97 Å². The highest BCUT2D eigenvalue weighted by Gasteiger charge is 2.53. The standard InChI is InChI=1S/C19H19NO4/c1-19(2)20(17(21)14-11-7-4-8-12-14)15(16(24-19)18(22)23)13-9-5-3-6-10-13/h3-12,15-16H,1-2H3,(H,22,23)/t15-,16?/m0/s1. The second kappa shape index (κ2) is 6.09. The zero-order valence-corrected chi connectivity index (χ0v) is 13.5. The molecule has 2 aromatic rings. The first-order valence-corrected chi connectivity index (χ1v) is 7.76. The van der Waals surface area contributed by atoms with Crippen LogP contribution in [0.1, 0.15) is 35.8 Å². The molecule has 0 aromatic heterocycles. The van der Waals surface area contributed by atoms with Gasteiger partial charge in [0.2, 0.25) is 0 Å². The molecule has 3 rings (SSSR count). The Morgan fingerprint density at radius 3 is 2.08 bits per heavy atom. The molecule has 1 N–H and O–H groups in total. The third kappa shape index (κ3) is 2.78. The van der Waals surface area contributed by atoms with Crippen LogP contribution in [0.5, 0.6) is 0 Å². The van der Waals surface area contributed by atoms with Gasteiger partial charge in [-0.2, -0.15) is 0 Å². The summed E-state index contributed by atoms with van der Waals surface area (Å²) in [5, 5.41) is 9.58. The fourth-order valence-electron chi connectivity index (χ4n) is 3.15. The lowest BCUT2D eigenvalue weighted by atomic mass is 9.99. The van der Waals surface area contributed by atoms with E-state index in [1.54, 1.807) is 38.1 Å². The van der Waals surface area contributed by atoms with Crippen molar-refractivity contribution in [3.05, 3.63) is 71.8 Å². The predicted octanol–water partition coefficient (Wildman–Crippen LogP) is 3.09. The van der Waals surface area contributed by atoms with Crippen LogP contribution in [0.15, 0.2) is 60.7 Å². The Balaban J connectivity index is 2.09. The predicted molar refractivity (Wildman–Crippen MR) is 88.4 cm³/mol. The molecule has 0 radical (unpaired) electrons. The summed E-state index contributed by atoms with van der Waals surface area (Å²) in [6.45, 7) is 3.43. The number of amides is 1. The summed E-state index contributed by atoms with van der Waals surface area (Å²) < 4.78 is 5.74. The van der Waals surface area contributed by atoms with Gasteiger partial charge in [0.1, 0.15) is 5.72 Å². The Kier molecular flexibility index (Phi) is 4.11. The van der Waals surface area contributed by atoms with Crippen molar-refractivity contribution in [1.29, 1.82) is 0 Å². The number of carboxylic acids is 1. The summed E-state index contributed by atoms with van der Waals surface area (Å²) in [5.74, 6) is -1.33. The van der Waals surface area contributed by atoms with Gasteiger partial charge in [-0.05, 0) is 31.5 Å². The maximum Gasteiger partial charge on any atom is 0.335 e. The highest BCUT2D eigenvalue weighted by Crippen LogP contribution is 2.42. The Morgan fingerprint density at radius 1 is 1.00 bits per heavy atom. The number of aliphatic carboxylic acids is 1. The van der Waals surface area contributed by atoms with Crippen LogP contribution in [0.25, 0.3) is 0 Å². The maximum atomic E-state index is 13.1. The molecule has 1 heterocycles. The van der Waals surface area contributed by atoms with Crippen LogP contribution in [-0.2, 0) is 9.53 Å². The SMILES string of the molecule is CC1(C)OC(C(=O)O)[C@H](c2ccccc2)N1C(=O)c1ccccc1. The largest absolute Gasteiger partial charge is 0.479 e. The molecular weight excluding hydrogens is 306 g/mol. The number of benzene rings is 2. The van der Waals surface area contributed by atoms with Gasteiger partial charge in [0.25, 0.3) is 5.91 Å². The zero-order valence-electron chi connectivity index (χ0n) is 13.5. The van der Waals surface area contributed by atoms with E-state index < -0.39 is 23.8 Å². The van der Waals surface area contributed by atoms with Gasteiger partial charge in [0, 0.05) is 5.56 Å². The maximum absolute atomic E-state index is 13.1. The molecule has 1 fully saturated rings. The third-order valence-electron chi connectivity index (χ3n) is 4.18. The molecule has 0 saturated carbocycles. The summed E-state index contributed by atoms with van der Waals surface area (Å²) in [5.41, 5.74) is 0.206. The van der Waals surface area contributed by atoms with E-state index in [1.807, 2.05) is 36.4 Å². The molecule has 0 bridgehead atoms. The number of hydrogen-bond acceptors (Lipinski definition) is 3. The van der Waals surface area contributed by atoms with Gasteiger partial charge in [-0.15, -0.1) is 0 Å². The Hall–Kier alpha value is -2.66. The van der Waals surface area contributed by atoms with Crippen LogP contribution in [-0.4, -0.2) is 33.7 Å². The minimum absolute atomic E-state index is 0.252. The van der Waals surface area contributed by atoms with Gasteiger partial charge in [-0.25, -0.2) is 4.79 Å². The smallest absolute Gasteiger partial charge is 0.335 e. The first-order valence-electron chi connectivity index (χ1n) is 7.76. The van der Waals surface area contributed by atoms with E-state index in [2.05, 4.69) is 0 Å². The van der Waals surface area contributed by atoms with Gasteiger partial charge in [-0.3, -0.25) is 4.79 Å². The van der Waals surface area contributed by atoms with Gasteiger partial charge in [0.15, 0.2) is 6.10 Å². The van der Waals surface area contributed by atoms with E-state index in [4.69, 9.17) is 4.74 Å². The van der Waals surface area contributed by atoms with Gasteiger partial charge < -0.3 is 14.7 Å². The molecule has 1 saturated heterocycles. The molecule has 1 aliphatic heterocycles. The van der Waals surface area contributed by atoms with Crippen molar-refractivity contribution >= 4 is 11.9 Å². The van der Waals surface area contributed by atoms with Crippen molar-refractivity contribution < 1.29 is 19.4 Å². The molecule has 124 valence electrons. The van der Waals surface area contributed by atoms with Crippen LogP contribution in [0, 0.1) is 0 Å². The highest BCUT2D eigenvalue weighted by molar-refractivity contribution is 5.95. The van der Waals surface area contributed by atoms with Crippen molar-refractivity contribution in [3.8, 4) is 0 Å². The van der Waals surface area contributed by atoms with Crippen molar-refractivity contribution in [1.82, 2.24) is 4.90 Å². The van der Waals surface area contributed by atoms with Crippen molar-refractivity contribution in [2.75, 3.05) is 0 Å². The fraction of sp³-hybridized carbons (Fsp3) is 0.263. The molecule has 0 spiro atoms. The molecule has 2 atom stereocenters. The van der Waals surface area contributed by atoms with Gasteiger partial charge in [0.05, 0.1) is 6.04 Å². The Bertz CT molecular complexity index is 742. The molecule has 1 aliphatic rings. The van der Waals surface area contributed by atoms with E-state index in [-0.39, 0.29) is 5.91 Å². The number of carbonyl (C=O) groups is 2. The lowest BCUT2D eigenvalue weighted by molar-refractivity contribution is -0.154. The second-order valence-electron chi connectivity index (χ2n) is 6.22. The third-order valence-corrected chi connectivity index (χ3v) is 4.18. The quantitative estimate of drug-likeness (QED) is 0.942.